The van der Waals surface area contributed by atoms with Gasteiger partial charge in [-0.3, -0.25) is 0 Å². The molecule has 0 aliphatic heterocycles. The Morgan fingerprint density at radius 3 is 2.83 bits per heavy atom. The number of aromatic amines is 1. The van der Waals surface area contributed by atoms with Crippen LogP contribution in [-0.4, -0.2) is 23.1 Å². The number of hydrogen-bond donors (Lipinski definition) is 3. The van der Waals surface area contributed by atoms with Crippen molar-refractivity contribution in [1.82, 2.24) is 15.3 Å². The molecule has 1 atom stereocenters. The van der Waals surface area contributed by atoms with Crippen molar-refractivity contribution >= 4 is 22.5 Å². The smallest absolute Gasteiger partial charge is 0.160 e. The van der Waals surface area contributed by atoms with Crippen LogP contribution in [0.1, 0.15) is 17.7 Å². The first-order valence-corrected chi connectivity index (χ1v) is 8.04. The zero-order valence-corrected chi connectivity index (χ0v) is 13.3. The molecule has 124 valence electrons. The Hall–Kier alpha value is -2.47. The normalized spacial score (nSPS) is 17.0. The van der Waals surface area contributed by atoms with E-state index >= 15 is 0 Å². The second-order valence-electron chi connectivity index (χ2n) is 6.16. The number of aryl methyl sites for hydroxylation is 1. The number of hydrogen-bond acceptors (Lipinski definition) is 3. The summed E-state index contributed by atoms with van der Waals surface area (Å²) in [6.45, 7) is 0. The van der Waals surface area contributed by atoms with Gasteiger partial charge in [-0.1, -0.05) is 0 Å². The van der Waals surface area contributed by atoms with Gasteiger partial charge < -0.3 is 15.6 Å². The van der Waals surface area contributed by atoms with E-state index in [1.807, 2.05) is 19.2 Å². The molecule has 0 saturated heterocycles. The molecule has 0 bridgehead atoms. The van der Waals surface area contributed by atoms with Crippen molar-refractivity contribution in [3.63, 3.8) is 0 Å². The topological polar surface area (TPSA) is 52.7 Å². The highest BCUT2D eigenvalue weighted by Crippen LogP contribution is 2.29. The van der Waals surface area contributed by atoms with Gasteiger partial charge in [0.25, 0.3) is 0 Å². The summed E-state index contributed by atoms with van der Waals surface area (Å²) in [6.07, 6.45) is 3.10. The molecule has 1 aromatic carbocycles. The standard InChI is InChI=1S/C18H18F2N4/c1-21-10-3-6-16-13(8-10)12-4-7-17(24-18(12)23-16)22-11-2-5-14(19)15(20)9-11/h2,4-5,7,9-10,21H,3,6,8H2,1H3,(H2,22,23,24). The molecule has 3 aromatic rings. The van der Waals surface area contributed by atoms with Crippen LogP contribution >= 0.6 is 0 Å². The molecule has 1 aliphatic rings. The molecule has 24 heavy (non-hydrogen) atoms. The van der Waals surface area contributed by atoms with Crippen LogP contribution in [-0.2, 0) is 12.8 Å². The third-order valence-corrected chi connectivity index (χ3v) is 4.65. The zero-order valence-electron chi connectivity index (χ0n) is 13.3. The number of fused-ring (bicyclic) bond motifs is 3. The maximum atomic E-state index is 13.3. The van der Waals surface area contributed by atoms with Gasteiger partial charge in [0, 0.05) is 28.9 Å². The molecule has 0 amide bonds. The number of nitrogens with zero attached hydrogens (tertiary/aromatic N) is 1. The summed E-state index contributed by atoms with van der Waals surface area (Å²) >= 11 is 0. The van der Waals surface area contributed by atoms with Crippen LogP contribution < -0.4 is 10.6 Å². The lowest BCUT2D eigenvalue weighted by Gasteiger charge is -2.21. The molecule has 2 aromatic heterocycles. The van der Waals surface area contributed by atoms with Crippen molar-refractivity contribution in [3.8, 4) is 0 Å². The quantitative estimate of drug-likeness (QED) is 0.688. The predicted molar refractivity (Wildman–Crippen MR) is 90.6 cm³/mol. The fraction of sp³-hybridized carbons (Fsp3) is 0.278. The van der Waals surface area contributed by atoms with E-state index in [0.29, 0.717) is 17.5 Å². The van der Waals surface area contributed by atoms with Crippen LogP contribution in [0.25, 0.3) is 11.0 Å². The van der Waals surface area contributed by atoms with E-state index in [0.717, 1.165) is 42.4 Å². The summed E-state index contributed by atoms with van der Waals surface area (Å²) in [5, 5.41) is 7.48. The van der Waals surface area contributed by atoms with E-state index in [4.69, 9.17) is 0 Å². The minimum atomic E-state index is -0.880. The SMILES string of the molecule is CNC1CCc2[nH]c3nc(Nc4ccc(F)c(F)c4)ccc3c2C1. The Kier molecular flexibility index (Phi) is 3.69. The van der Waals surface area contributed by atoms with Gasteiger partial charge in [0.15, 0.2) is 11.6 Å². The molecular formula is C18H18F2N4. The number of aromatic nitrogens is 2. The molecule has 2 heterocycles. The second-order valence-corrected chi connectivity index (χ2v) is 6.16. The molecule has 4 nitrogen and oxygen atoms in total. The number of likely N-dealkylation sites (N-methyl/N-ethyl adjacent to an activating group) is 1. The van der Waals surface area contributed by atoms with E-state index in [1.54, 1.807) is 0 Å². The maximum Gasteiger partial charge on any atom is 0.160 e. The summed E-state index contributed by atoms with van der Waals surface area (Å²) < 4.78 is 26.3. The van der Waals surface area contributed by atoms with Crippen molar-refractivity contribution in [2.24, 2.45) is 0 Å². The molecular weight excluding hydrogens is 310 g/mol. The molecule has 0 spiro atoms. The Labute approximate surface area is 138 Å². The first kappa shape index (κ1) is 15.1. The second kappa shape index (κ2) is 5.87. The summed E-state index contributed by atoms with van der Waals surface area (Å²) in [7, 11) is 1.99. The molecule has 0 saturated carbocycles. The van der Waals surface area contributed by atoms with E-state index in [-0.39, 0.29) is 0 Å². The third kappa shape index (κ3) is 2.63. The van der Waals surface area contributed by atoms with Gasteiger partial charge >= 0.3 is 0 Å². The van der Waals surface area contributed by atoms with Gasteiger partial charge in [-0.2, -0.15) is 0 Å². The highest BCUT2D eigenvalue weighted by Gasteiger charge is 2.21. The predicted octanol–water partition coefficient (Wildman–Crippen LogP) is 3.66. The first-order chi connectivity index (χ1) is 11.6. The zero-order chi connectivity index (χ0) is 16.7. The van der Waals surface area contributed by atoms with Gasteiger partial charge in [0.2, 0.25) is 0 Å². The van der Waals surface area contributed by atoms with E-state index in [9.17, 15) is 8.78 Å². The molecule has 4 rings (SSSR count). The molecule has 3 N–H and O–H groups in total. The van der Waals surface area contributed by atoms with Gasteiger partial charge in [-0.15, -0.1) is 0 Å². The summed E-state index contributed by atoms with van der Waals surface area (Å²) in [4.78, 5) is 7.97. The van der Waals surface area contributed by atoms with E-state index < -0.39 is 11.6 Å². The minimum Gasteiger partial charge on any atom is -0.343 e. The van der Waals surface area contributed by atoms with E-state index in [2.05, 4.69) is 20.6 Å². The molecule has 1 aliphatic carbocycles. The van der Waals surface area contributed by atoms with Crippen molar-refractivity contribution in [2.75, 3.05) is 12.4 Å². The van der Waals surface area contributed by atoms with Crippen molar-refractivity contribution in [3.05, 3.63) is 53.2 Å². The number of rotatable bonds is 3. The first-order valence-electron chi connectivity index (χ1n) is 8.04. The van der Waals surface area contributed by atoms with Crippen LogP contribution in [0.2, 0.25) is 0 Å². The highest BCUT2D eigenvalue weighted by molar-refractivity contribution is 5.83. The van der Waals surface area contributed by atoms with Crippen molar-refractivity contribution in [1.29, 1.82) is 0 Å². The van der Waals surface area contributed by atoms with E-state index in [1.165, 1.54) is 17.3 Å². The fourth-order valence-corrected chi connectivity index (χ4v) is 3.33. The molecule has 1 unspecified atom stereocenters. The number of pyridine rings is 1. The van der Waals surface area contributed by atoms with Crippen LogP contribution in [0.4, 0.5) is 20.3 Å². The molecule has 0 radical (unpaired) electrons. The van der Waals surface area contributed by atoms with Crippen LogP contribution in [0.5, 0.6) is 0 Å². The van der Waals surface area contributed by atoms with Gasteiger partial charge in [-0.05, 0) is 56.1 Å². The Morgan fingerprint density at radius 1 is 1.17 bits per heavy atom. The third-order valence-electron chi connectivity index (χ3n) is 4.65. The van der Waals surface area contributed by atoms with Crippen LogP contribution in [0.15, 0.2) is 30.3 Å². The van der Waals surface area contributed by atoms with Crippen molar-refractivity contribution in [2.45, 2.75) is 25.3 Å². The van der Waals surface area contributed by atoms with Crippen LogP contribution in [0.3, 0.4) is 0 Å². The number of nitrogens with one attached hydrogen (secondary N) is 3. The van der Waals surface area contributed by atoms with Gasteiger partial charge in [0.05, 0.1) is 0 Å². The number of anilines is 2. The summed E-state index contributed by atoms with van der Waals surface area (Å²) in [5.74, 6) is -1.15. The Bertz CT molecular complexity index is 903. The summed E-state index contributed by atoms with van der Waals surface area (Å²) in [5.41, 5.74) is 3.85. The van der Waals surface area contributed by atoms with Crippen molar-refractivity contribution < 1.29 is 8.78 Å². The Morgan fingerprint density at radius 2 is 2.04 bits per heavy atom. The van der Waals surface area contributed by atoms with Crippen LogP contribution in [0, 0.1) is 11.6 Å². The number of halogens is 2. The lowest BCUT2D eigenvalue weighted by atomic mass is 9.92. The fourth-order valence-electron chi connectivity index (χ4n) is 3.33. The lowest BCUT2D eigenvalue weighted by Crippen LogP contribution is -2.31. The average Bonchev–Trinajstić information content (AvgIpc) is 2.95. The monoisotopic (exact) mass is 328 g/mol. The minimum absolute atomic E-state index is 0.465. The maximum absolute atomic E-state index is 13.3. The Balaban J connectivity index is 1.65. The lowest BCUT2D eigenvalue weighted by molar-refractivity contribution is 0.495. The molecule has 0 fully saturated rings. The highest BCUT2D eigenvalue weighted by atomic mass is 19.2. The average molecular weight is 328 g/mol. The number of benzene rings is 1. The number of H-pyrrole nitrogens is 1. The largest absolute Gasteiger partial charge is 0.343 e. The van der Waals surface area contributed by atoms with Gasteiger partial charge in [0.1, 0.15) is 11.5 Å². The van der Waals surface area contributed by atoms with Gasteiger partial charge in [-0.25, -0.2) is 13.8 Å². The summed E-state index contributed by atoms with van der Waals surface area (Å²) in [6, 6.07) is 8.09. The molecule has 6 heteroatoms.